The fourth-order valence-electron chi connectivity index (χ4n) is 5.00. The Morgan fingerprint density at radius 2 is 1.56 bits per heavy atom. The maximum Gasteiger partial charge on any atom is 0.405 e. The topological polar surface area (TPSA) is 144 Å². The molecule has 15 heteroatoms. The SMILES string of the molecule is COc1ccc([C@H](NC(=O)[C@H](Cc2cccc(C)c2)NC(=O)c2ccccn2)C(=O)C[C@H](C(=O)C(F)(F)C(=O)NCC(F)(F)F)C(C)C)cc1. The van der Waals surface area contributed by atoms with Crippen LogP contribution in [-0.2, 0) is 25.6 Å². The van der Waals surface area contributed by atoms with Gasteiger partial charge in [-0.25, -0.2) is 0 Å². The largest absolute Gasteiger partial charge is 0.497 e. The van der Waals surface area contributed by atoms with Crippen molar-refractivity contribution in [3.05, 3.63) is 95.3 Å². The van der Waals surface area contributed by atoms with E-state index in [1.165, 1.54) is 57.5 Å². The third kappa shape index (κ3) is 10.9. The van der Waals surface area contributed by atoms with Crippen LogP contribution in [0.25, 0.3) is 0 Å². The van der Waals surface area contributed by atoms with Crippen molar-refractivity contribution in [2.24, 2.45) is 11.8 Å². The zero-order valence-corrected chi connectivity index (χ0v) is 27.6. The molecule has 3 amide bonds. The van der Waals surface area contributed by atoms with E-state index >= 15 is 0 Å². The van der Waals surface area contributed by atoms with Crippen molar-refractivity contribution < 1.29 is 50.7 Å². The first-order chi connectivity index (χ1) is 23.4. The van der Waals surface area contributed by atoms with Crippen molar-refractivity contribution in [1.82, 2.24) is 20.9 Å². The summed E-state index contributed by atoms with van der Waals surface area (Å²) in [6.45, 7) is 2.39. The van der Waals surface area contributed by atoms with E-state index in [9.17, 15) is 45.9 Å². The predicted octanol–water partition coefficient (Wildman–Crippen LogP) is 4.71. The van der Waals surface area contributed by atoms with Crippen LogP contribution in [0.2, 0.25) is 0 Å². The number of hydrogen-bond donors (Lipinski definition) is 3. The highest BCUT2D eigenvalue weighted by molar-refractivity contribution is 6.09. The molecule has 0 saturated heterocycles. The van der Waals surface area contributed by atoms with Crippen molar-refractivity contribution in [2.75, 3.05) is 13.7 Å². The number of halogens is 5. The van der Waals surface area contributed by atoms with Crippen molar-refractivity contribution in [1.29, 1.82) is 0 Å². The number of rotatable bonds is 16. The lowest BCUT2D eigenvalue weighted by Crippen LogP contribution is -2.52. The number of carbonyl (C=O) groups excluding carboxylic acids is 5. The first-order valence-corrected chi connectivity index (χ1v) is 15.4. The molecule has 0 fully saturated rings. The highest BCUT2D eigenvalue weighted by Gasteiger charge is 2.52. The fraction of sp³-hybridized carbons (Fsp3) is 0.371. The predicted molar refractivity (Wildman–Crippen MR) is 171 cm³/mol. The van der Waals surface area contributed by atoms with Gasteiger partial charge in [0.05, 0.1) is 7.11 Å². The second-order valence-electron chi connectivity index (χ2n) is 11.9. The molecule has 0 aliphatic heterocycles. The Kier molecular flexibility index (Phi) is 13.3. The Balaban J connectivity index is 1.95. The van der Waals surface area contributed by atoms with Gasteiger partial charge >= 0.3 is 12.1 Å². The summed E-state index contributed by atoms with van der Waals surface area (Å²) in [6.07, 6.45) is -4.57. The van der Waals surface area contributed by atoms with Crippen LogP contribution in [0.15, 0.2) is 72.9 Å². The molecular weight excluding hydrogens is 667 g/mol. The van der Waals surface area contributed by atoms with E-state index in [-0.39, 0.29) is 17.7 Å². The van der Waals surface area contributed by atoms with Crippen molar-refractivity contribution in [2.45, 2.75) is 57.8 Å². The van der Waals surface area contributed by atoms with Crippen LogP contribution < -0.4 is 20.7 Å². The van der Waals surface area contributed by atoms with E-state index in [1.54, 1.807) is 30.3 Å². The average Bonchev–Trinajstić information content (AvgIpc) is 3.07. The van der Waals surface area contributed by atoms with Crippen LogP contribution in [0.4, 0.5) is 22.0 Å². The molecule has 2 aromatic carbocycles. The van der Waals surface area contributed by atoms with Crippen LogP contribution in [0.3, 0.4) is 0 Å². The van der Waals surface area contributed by atoms with Crippen LogP contribution in [0, 0.1) is 18.8 Å². The summed E-state index contributed by atoms with van der Waals surface area (Å²) in [5.74, 6) is -14.3. The minimum atomic E-state index is -5.01. The maximum absolute atomic E-state index is 14.9. The molecule has 50 heavy (non-hydrogen) atoms. The number of aryl methyl sites for hydroxylation is 1. The van der Waals surface area contributed by atoms with Gasteiger partial charge in [0.2, 0.25) is 11.7 Å². The average molecular weight is 705 g/mol. The molecular formula is C35H37F5N4O6. The van der Waals surface area contributed by atoms with Gasteiger partial charge in [0.25, 0.3) is 11.8 Å². The number of amides is 3. The minimum absolute atomic E-state index is 0.0100. The molecule has 3 rings (SSSR count). The molecule has 0 bridgehead atoms. The molecule has 268 valence electrons. The van der Waals surface area contributed by atoms with Crippen molar-refractivity contribution >= 4 is 29.3 Å². The van der Waals surface area contributed by atoms with E-state index in [4.69, 9.17) is 4.74 Å². The Hall–Kier alpha value is -5.21. The molecule has 0 aliphatic carbocycles. The molecule has 3 atom stereocenters. The summed E-state index contributed by atoms with van der Waals surface area (Å²) < 4.78 is 72.6. The summed E-state index contributed by atoms with van der Waals surface area (Å²) >= 11 is 0. The van der Waals surface area contributed by atoms with Crippen LogP contribution in [0.5, 0.6) is 5.75 Å². The van der Waals surface area contributed by atoms with E-state index in [0.717, 1.165) is 10.9 Å². The summed E-state index contributed by atoms with van der Waals surface area (Å²) in [5, 5.41) is 6.21. The lowest BCUT2D eigenvalue weighted by atomic mass is 9.82. The van der Waals surface area contributed by atoms with Gasteiger partial charge in [-0.2, -0.15) is 22.0 Å². The third-order valence-corrected chi connectivity index (χ3v) is 7.71. The summed E-state index contributed by atoms with van der Waals surface area (Å²) in [7, 11) is 1.39. The van der Waals surface area contributed by atoms with E-state index < -0.39 is 78.3 Å². The molecule has 1 aromatic heterocycles. The maximum atomic E-state index is 14.9. The number of methoxy groups -OCH3 is 1. The van der Waals surface area contributed by atoms with Crippen molar-refractivity contribution in [3.8, 4) is 5.75 Å². The number of aromatic nitrogens is 1. The molecule has 0 aliphatic rings. The number of nitrogens with zero attached hydrogens (tertiary/aromatic N) is 1. The molecule has 0 saturated carbocycles. The Labute approximate surface area is 285 Å². The van der Waals surface area contributed by atoms with Gasteiger partial charge in [-0.3, -0.25) is 29.0 Å². The van der Waals surface area contributed by atoms with Gasteiger partial charge in [0, 0.05) is 25.0 Å². The number of Topliss-reactive ketones (excluding diaryl/α,β-unsaturated/α-hetero) is 2. The number of carbonyl (C=O) groups is 5. The van der Waals surface area contributed by atoms with E-state index in [2.05, 4.69) is 15.6 Å². The smallest absolute Gasteiger partial charge is 0.405 e. The molecule has 0 spiro atoms. The van der Waals surface area contributed by atoms with Crippen LogP contribution >= 0.6 is 0 Å². The Bertz CT molecular complexity index is 1670. The molecule has 0 radical (unpaired) electrons. The standard InChI is InChI=1S/C35H37F5N4O6/c1-20(2)25(30(46)35(39,40)33(49)42-19-34(36,37)38)18-28(45)29(23-11-13-24(50-4)14-12-23)44-32(48)27(17-22-9-7-8-21(3)16-22)43-31(47)26-10-5-6-15-41-26/h5-16,20,25,27,29H,17-19H2,1-4H3,(H,42,49)(H,43,47)(H,44,48)/t25-,27-,29-/m0/s1. The lowest BCUT2D eigenvalue weighted by molar-refractivity contribution is -0.167. The number of ether oxygens (including phenoxy) is 1. The van der Waals surface area contributed by atoms with Crippen molar-refractivity contribution in [3.63, 3.8) is 0 Å². The van der Waals surface area contributed by atoms with Gasteiger partial charge in [-0.05, 0) is 48.2 Å². The second-order valence-corrected chi connectivity index (χ2v) is 11.9. The number of hydrogen-bond acceptors (Lipinski definition) is 7. The normalized spacial score (nSPS) is 13.5. The summed E-state index contributed by atoms with van der Waals surface area (Å²) in [5.41, 5.74) is 1.71. The second kappa shape index (κ2) is 16.9. The number of nitrogens with one attached hydrogen (secondary N) is 3. The highest BCUT2D eigenvalue weighted by Crippen LogP contribution is 2.30. The first kappa shape index (κ1) is 39.2. The number of benzene rings is 2. The summed E-state index contributed by atoms with van der Waals surface area (Å²) in [6, 6.07) is 14.7. The molecule has 3 aromatic rings. The molecule has 10 nitrogen and oxygen atoms in total. The van der Waals surface area contributed by atoms with E-state index in [0.29, 0.717) is 11.3 Å². The molecule has 3 N–H and O–H groups in total. The highest BCUT2D eigenvalue weighted by atomic mass is 19.4. The first-order valence-electron chi connectivity index (χ1n) is 15.4. The zero-order chi connectivity index (χ0) is 37.2. The van der Waals surface area contributed by atoms with Crippen LogP contribution in [0.1, 0.15) is 53.5 Å². The number of pyridine rings is 1. The number of ketones is 2. The minimum Gasteiger partial charge on any atom is -0.497 e. The van der Waals surface area contributed by atoms with E-state index in [1.807, 2.05) is 13.0 Å². The van der Waals surface area contributed by atoms with Gasteiger partial charge in [0.1, 0.15) is 30.1 Å². The quantitative estimate of drug-likeness (QED) is 0.145. The fourth-order valence-corrected chi connectivity index (χ4v) is 5.00. The Morgan fingerprint density at radius 1 is 0.880 bits per heavy atom. The molecule has 0 unspecified atom stereocenters. The zero-order valence-electron chi connectivity index (χ0n) is 27.6. The van der Waals surface area contributed by atoms with Gasteiger partial charge in [-0.15, -0.1) is 0 Å². The lowest BCUT2D eigenvalue weighted by Gasteiger charge is -2.27. The number of alkyl halides is 5. The third-order valence-electron chi connectivity index (χ3n) is 7.71. The Morgan fingerprint density at radius 3 is 2.12 bits per heavy atom. The molecule has 1 heterocycles. The van der Waals surface area contributed by atoms with Gasteiger partial charge < -0.3 is 20.7 Å². The summed E-state index contributed by atoms with van der Waals surface area (Å²) in [4.78, 5) is 69.8. The van der Waals surface area contributed by atoms with Crippen LogP contribution in [-0.4, -0.2) is 66.1 Å². The van der Waals surface area contributed by atoms with Gasteiger partial charge in [-0.1, -0.05) is 61.9 Å². The monoisotopic (exact) mass is 704 g/mol. The van der Waals surface area contributed by atoms with Gasteiger partial charge in [0.15, 0.2) is 5.78 Å².